The Hall–Kier alpha value is -0.420. The fourth-order valence-electron chi connectivity index (χ4n) is 1.76. The molecule has 0 radical (unpaired) electrons. The Bertz CT molecular complexity index is 288. The normalized spacial score (nSPS) is 15.2. The molecule has 1 rings (SSSR count). The molecule has 0 fully saturated rings. The summed E-state index contributed by atoms with van der Waals surface area (Å²) < 4.78 is 5.49. The first-order valence-corrected chi connectivity index (χ1v) is 6.15. The minimum atomic E-state index is 0.106. The fraction of sp³-hybridized carbons (Fsp3) is 0.636. The summed E-state index contributed by atoms with van der Waals surface area (Å²) in [5.74, 6) is 5.62. The van der Waals surface area contributed by atoms with Crippen molar-refractivity contribution in [1.29, 1.82) is 0 Å². The first-order chi connectivity index (χ1) is 7.24. The molecular formula is C11H20N2OS. The predicted molar refractivity (Wildman–Crippen MR) is 64.8 cm³/mol. The summed E-state index contributed by atoms with van der Waals surface area (Å²) in [6, 6.07) is 2.22. The molecular weight excluding hydrogens is 208 g/mol. The summed E-state index contributed by atoms with van der Waals surface area (Å²) in [7, 11) is 1.74. The van der Waals surface area contributed by atoms with Crippen LogP contribution in [0.4, 0.5) is 0 Å². The van der Waals surface area contributed by atoms with E-state index in [-0.39, 0.29) is 12.1 Å². The number of aryl methyl sites for hydroxylation is 1. The summed E-state index contributed by atoms with van der Waals surface area (Å²) in [5.41, 5.74) is 4.15. The molecule has 0 amide bonds. The van der Waals surface area contributed by atoms with Crippen LogP contribution in [0.25, 0.3) is 0 Å². The Labute approximate surface area is 95.6 Å². The quantitative estimate of drug-likeness (QED) is 0.580. The topological polar surface area (TPSA) is 47.3 Å². The number of nitrogens with two attached hydrogens (primary N) is 1. The molecule has 1 heterocycles. The largest absolute Gasteiger partial charge is 0.379 e. The number of hydrogen-bond donors (Lipinski definition) is 2. The van der Waals surface area contributed by atoms with E-state index in [2.05, 4.69) is 30.7 Å². The smallest absolute Gasteiger partial charge is 0.0817 e. The minimum absolute atomic E-state index is 0.106. The molecule has 3 nitrogen and oxygen atoms in total. The van der Waals surface area contributed by atoms with E-state index in [0.29, 0.717) is 0 Å². The van der Waals surface area contributed by atoms with E-state index in [4.69, 9.17) is 10.6 Å². The first kappa shape index (κ1) is 12.6. The monoisotopic (exact) mass is 228 g/mol. The molecule has 3 N–H and O–H groups in total. The van der Waals surface area contributed by atoms with Crippen LogP contribution in [0, 0.1) is 6.92 Å². The van der Waals surface area contributed by atoms with E-state index in [9.17, 15) is 0 Å². The third-order valence-electron chi connectivity index (χ3n) is 2.61. The highest BCUT2D eigenvalue weighted by atomic mass is 32.1. The average Bonchev–Trinajstić information content (AvgIpc) is 2.65. The molecule has 15 heavy (non-hydrogen) atoms. The van der Waals surface area contributed by atoms with Crippen LogP contribution in [-0.2, 0) is 4.74 Å². The first-order valence-electron chi connectivity index (χ1n) is 5.27. The van der Waals surface area contributed by atoms with Gasteiger partial charge in [0.2, 0.25) is 0 Å². The number of ether oxygens (including phenoxy) is 1. The number of methoxy groups -OCH3 is 1. The number of rotatable bonds is 6. The van der Waals surface area contributed by atoms with Gasteiger partial charge < -0.3 is 4.74 Å². The molecule has 2 unspecified atom stereocenters. The Balaban J connectivity index is 2.82. The Kier molecular flexibility index (Phi) is 5.25. The van der Waals surface area contributed by atoms with E-state index >= 15 is 0 Å². The molecule has 1 aromatic heterocycles. The van der Waals surface area contributed by atoms with Gasteiger partial charge in [0, 0.05) is 12.0 Å². The molecule has 0 aliphatic rings. The van der Waals surface area contributed by atoms with Gasteiger partial charge in [0.25, 0.3) is 0 Å². The van der Waals surface area contributed by atoms with Crippen LogP contribution in [0.5, 0.6) is 0 Å². The highest BCUT2D eigenvalue weighted by Crippen LogP contribution is 2.28. The minimum Gasteiger partial charge on any atom is -0.379 e. The van der Waals surface area contributed by atoms with Crippen molar-refractivity contribution >= 4 is 11.3 Å². The van der Waals surface area contributed by atoms with Crippen molar-refractivity contribution in [2.45, 2.75) is 38.8 Å². The van der Waals surface area contributed by atoms with Gasteiger partial charge in [-0.1, -0.05) is 13.3 Å². The molecule has 0 spiro atoms. The van der Waals surface area contributed by atoms with Gasteiger partial charge in [-0.2, -0.15) is 0 Å². The second kappa shape index (κ2) is 6.23. The van der Waals surface area contributed by atoms with Gasteiger partial charge in [-0.3, -0.25) is 5.84 Å². The summed E-state index contributed by atoms with van der Waals surface area (Å²) in [5, 5.41) is 2.09. The van der Waals surface area contributed by atoms with Crippen LogP contribution in [-0.4, -0.2) is 13.2 Å². The van der Waals surface area contributed by atoms with Crippen molar-refractivity contribution in [2.75, 3.05) is 7.11 Å². The van der Waals surface area contributed by atoms with Gasteiger partial charge >= 0.3 is 0 Å². The maximum Gasteiger partial charge on any atom is 0.0817 e. The van der Waals surface area contributed by atoms with E-state index in [1.165, 1.54) is 10.4 Å². The fourth-order valence-corrected chi connectivity index (χ4v) is 2.80. The van der Waals surface area contributed by atoms with E-state index in [1.54, 1.807) is 18.4 Å². The van der Waals surface area contributed by atoms with Crippen LogP contribution in [0.15, 0.2) is 11.4 Å². The van der Waals surface area contributed by atoms with E-state index in [0.717, 1.165) is 12.8 Å². The Morgan fingerprint density at radius 2 is 2.33 bits per heavy atom. The van der Waals surface area contributed by atoms with Crippen LogP contribution in [0.2, 0.25) is 0 Å². The lowest BCUT2D eigenvalue weighted by molar-refractivity contribution is 0.0615. The summed E-state index contributed by atoms with van der Waals surface area (Å²) >= 11 is 1.73. The molecule has 86 valence electrons. The highest BCUT2D eigenvalue weighted by Gasteiger charge is 2.23. The number of hydrazine groups is 1. The van der Waals surface area contributed by atoms with Crippen molar-refractivity contribution in [3.05, 3.63) is 21.9 Å². The van der Waals surface area contributed by atoms with Crippen molar-refractivity contribution in [2.24, 2.45) is 5.84 Å². The van der Waals surface area contributed by atoms with Gasteiger partial charge in [0.05, 0.1) is 12.1 Å². The van der Waals surface area contributed by atoms with Crippen LogP contribution < -0.4 is 11.3 Å². The predicted octanol–water partition coefficient (Wildman–Crippen LogP) is 2.38. The third-order valence-corrected chi connectivity index (χ3v) is 3.71. The third kappa shape index (κ3) is 3.01. The number of nitrogens with one attached hydrogen (secondary N) is 1. The molecule has 0 aliphatic carbocycles. The van der Waals surface area contributed by atoms with Gasteiger partial charge in [-0.25, -0.2) is 5.43 Å². The lowest BCUT2D eigenvalue weighted by atomic mass is 10.0. The van der Waals surface area contributed by atoms with Crippen LogP contribution in [0.3, 0.4) is 0 Å². The lowest BCUT2D eigenvalue weighted by Gasteiger charge is -2.24. The SMILES string of the molecule is CCCC(OC)C(NN)c1sccc1C. The zero-order valence-electron chi connectivity index (χ0n) is 9.62. The van der Waals surface area contributed by atoms with Gasteiger partial charge in [-0.05, 0) is 30.4 Å². The second-order valence-electron chi connectivity index (χ2n) is 3.68. The van der Waals surface area contributed by atoms with Gasteiger partial charge in [0.1, 0.15) is 0 Å². The maximum atomic E-state index is 5.62. The molecule has 0 saturated carbocycles. The van der Waals surface area contributed by atoms with Crippen molar-refractivity contribution in [3.63, 3.8) is 0 Å². The van der Waals surface area contributed by atoms with E-state index < -0.39 is 0 Å². The zero-order valence-corrected chi connectivity index (χ0v) is 10.4. The van der Waals surface area contributed by atoms with Crippen molar-refractivity contribution < 1.29 is 4.74 Å². The van der Waals surface area contributed by atoms with Crippen LogP contribution >= 0.6 is 11.3 Å². The Morgan fingerprint density at radius 3 is 2.73 bits per heavy atom. The summed E-state index contributed by atoms with van der Waals surface area (Å²) in [6.07, 6.45) is 2.27. The van der Waals surface area contributed by atoms with Crippen molar-refractivity contribution in [1.82, 2.24) is 5.43 Å². The molecule has 0 aromatic carbocycles. The molecule has 0 bridgehead atoms. The van der Waals surface area contributed by atoms with Crippen LogP contribution in [0.1, 0.15) is 36.2 Å². The molecule has 2 atom stereocenters. The standard InChI is InChI=1S/C11H20N2OS/c1-4-5-9(14-3)10(13-12)11-8(2)6-7-15-11/h6-7,9-10,13H,4-5,12H2,1-3H3. The molecule has 0 aliphatic heterocycles. The van der Waals surface area contributed by atoms with Crippen molar-refractivity contribution in [3.8, 4) is 0 Å². The highest BCUT2D eigenvalue weighted by molar-refractivity contribution is 7.10. The average molecular weight is 228 g/mol. The summed E-state index contributed by atoms with van der Waals surface area (Å²) in [6.45, 7) is 4.26. The molecule has 4 heteroatoms. The lowest BCUT2D eigenvalue weighted by Crippen LogP contribution is -2.37. The van der Waals surface area contributed by atoms with Gasteiger partial charge in [-0.15, -0.1) is 11.3 Å². The number of hydrogen-bond acceptors (Lipinski definition) is 4. The second-order valence-corrected chi connectivity index (χ2v) is 4.62. The molecule has 0 saturated heterocycles. The summed E-state index contributed by atoms with van der Waals surface area (Å²) in [4.78, 5) is 1.28. The zero-order chi connectivity index (χ0) is 11.3. The van der Waals surface area contributed by atoms with E-state index in [1.807, 2.05) is 0 Å². The number of thiophene rings is 1. The molecule has 1 aromatic rings. The van der Waals surface area contributed by atoms with Gasteiger partial charge in [0.15, 0.2) is 0 Å². The Morgan fingerprint density at radius 1 is 1.60 bits per heavy atom. The maximum absolute atomic E-state index is 5.62.